The summed E-state index contributed by atoms with van der Waals surface area (Å²) in [5.74, 6) is -0.645. The number of rotatable bonds is 8. The number of benzene rings is 2. The fourth-order valence-corrected chi connectivity index (χ4v) is 15.2. The standard InChI is InChI=1S/C42H49F5N6O2Si/c1-22(2)56(23(3)4,24(5)6)13-8-28-33-25(15-32(44)34(28)45)14-27(48)16-29(33)37-36(47)38-30(18-49-37)40(53-11-12-54-20-31-35(46)39(31)53)51-41(50-38)55-21-42-9-7-10-52(42)19-26(43)17-42/h14-16,18,22-24,26,31,35,39H,7,9-12,17,19-21,48H2,1-6H3/t26-,31+,35-,39+,42+/m1/s1/i21D2. The van der Waals surface area contributed by atoms with Gasteiger partial charge in [0.15, 0.2) is 17.5 Å². The first kappa shape index (κ1) is 36.3. The van der Waals surface area contributed by atoms with Crippen LogP contribution in [0.4, 0.5) is 33.5 Å². The van der Waals surface area contributed by atoms with Crippen LogP contribution in [0.3, 0.4) is 0 Å². The smallest absolute Gasteiger partial charge is 0.319 e. The quantitative estimate of drug-likeness (QED) is 0.0823. The number of halogens is 5. The first-order valence-corrected chi connectivity index (χ1v) is 21.8. The Kier molecular flexibility index (Phi) is 9.33. The van der Waals surface area contributed by atoms with Crippen LogP contribution in [0.2, 0.25) is 16.6 Å². The van der Waals surface area contributed by atoms with Crippen LogP contribution in [-0.2, 0) is 4.74 Å². The van der Waals surface area contributed by atoms with Gasteiger partial charge >= 0.3 is 6.01 Å². The minimum Gasteiger partial charge on any atom is -0.461 e. The van der Waals surface area contributed by atoms with Gasteiger partial charge in [-0.3, -0.25) is 9.88 Å². The molecule has 4 fully saturated rings. The summed E-state index contributed by atoms with van der Waals surface area (Å²) >= 11 is 0. The largest absolute Gasteiger partial charge is 0.461 e. The molecule has 3 aliphatic heterocycles. The molecular weight excluding hydrogens is 744 g/mol. The van der Waals surface area contributed by atoms with Gasteiger partial charge < -0.3 is 20.1 Å². The van der Waals surface area contributed by atoms with E-state index in [4.69, 9.17) is 17.9 Å². The van der Waals surface area contributed by atoms with E-state index in [1.54, 1.807) is 9.80 Å². The molecule has 0 bridgehead atoms. The number of nitrogens with zero attached hydrogens (tertiary/aromatic N) is 5. The number of aromatic nitrogens is 3. The highest BCUT2D eigenvalue weighted by Crippen LogP contribution is 2.46. The maximum absolute atomic E-state index is 17.5. The molecule has 0 unspecified atom stereocenters. The highest BCUT2D eigenvalue weighted by atomic mass is 28.3. The molecule has 298 valence electrons. The van der Waals surface area contributed by atoms with E-state index in [2.05, 4.69) is 68.0 Å². The Morgan fingerprint density at radius 2 is 1.80 bits per heavy atom. The van der Waals surface area contributed by atoms with E-state index >= 15 is 17.6 Å². The molecule has 1 saturated carbocycles. The fraction of sp³-hybridized carbons (Fsp3) is 0.548. The van der Waals surface area contributed by atoms with Crippen molar-refractivity contribution in [3.8, 4) is 28.7 Å². The Morgan fingerprint density at radius 1 is 1.05 bits per heavy atom. The van der Waals surface area contributed by atoms with E-state index in [-0.39, 0.29) is 99.3 Å². The predicted molar refractivity (Wildman–Crippen MR) is 211 cm³/mol. The van der Waals surface area contributed by atoms with E-state index in [9.17, 15) is 4.39 Å². The third-order valence-corrected chi connectivity index (χ3v) is 19.0. The lowest BCUT2D eigenvalue weighted by Gasteiger charge is -2.38. The summed E-state index contributed by atoms with van der Waals surface area (Å²) in [7, 11) is -2.47. The summed E-state index contributed by atoms with van der Waals surface area (Å²) in [4.78, 5) is 16.9. The maximum atomic E-state index is 17.5. The molecule has 8 nitrogen and oxygen atoms in total. The Morgan fingerprint density at radius 3 is 2.54 bits per heavy atom. The number of anilines is 2. The molecule has 4 aliphatic rings. The van der Waals surface area contributed by atoms with Gasteiger partial charge in [-0.2, -0.15) is 9.97 Å². The van der Waals surface area contributed by atoms with Gasteiger partial charge in [-0.1, -0.05) is 47.5 Å². The Bertz CT molecular complexity index is 2340. The van der Waals surface area contributed by atoms with E-state index in [0.29, 0.717) is 19.4 Å². The molecule has 0 radical (unpaired) electrons. The second-order valence-corrected chi connectivity index (χ2v) is 22.4. The lowest BCUT2D eigenvalue weighted by Crippen LogP contribution is -2.43. The number of nitrogens with two attached hydrogens (primary N) is 1. The number of fused-ring (bicyclic) bond motifs is 4. The topological polar surface area (TPSA) is 89.6 Å². The van der Waals surface area contributed by atoms with Crippen molar-refractivity contribution in [1.29, 1.82) is 0 Å². The van der Waals surface area contributed by atoms with Gasteiger partial charge in [0.25, 0.3) is 0 Å². The summed E-state index contributed by atoms with van der Waals surface area (Å²) in [6.07, 6.45) is -0.308. The molecule has 14 heteroatoms. The normalized spacial score (nSPS) is 26.0. The first-order valence-electron chi connectivity index (χ1n) is 20.6. The van der Waals surface area contributed by atoms with Crippen LogP contribution in [0, 0.1) is 34.8 Å². The van der Waals surface area contributed by atoms with Crippen LogP contribution >= 0.6 is 0 Å². The average Bonchev–Trinajstić information content (AvgIpc) is 3.50. The maximum Gasteiger partial charge on any atom is 0.319 e. The van der Waals surface area contributed by atoms with Crippen LogP contribution < -0.4 is 15.4 Å². The monoisotopic (exact) mass is 794 g/mol. The van der Waals surface area contributed by atoms with Gasteiger partial charge in [-0.25, -0.2) is 22.0 Å². The number of ether oxygens (including phenoxy) is 2. The fourth-order valence-electron chi connectivity index (χ4n) is 9.98. The van der Waals surface area contributed by atoms with E-state index in [0.717, 1.165) is 6.07 Å². The van der Waals surface area contributed by atoms with Crippen LogP contribution in [-0.4, -0.2) is 91.3 Å². The molecule has 2 aromatic carbocycles. The summed E-state index contributed by atoms with van der Waals surface area (Å²) < 4.78 is 109. The van der Waals surface area contributed by atoms with Crippen molar-refractivity contribution >= 4 is 41.3 Å². The molecular formula is C42H49F5N6O2Si. The number of hydrogen-bond acceptors (Lipinski definition) is 8. The second-order valence-electron chi connectivity index (χ2n) is 16.8. The van der Waals surface area contributed by atoms with Crippen molar-refractivity contribution in [2.24, 2.45) is 5.92 Å². The highest BCUT2D eigenvalue weighted by molar-refractivity contribution is 6.90. The molecule has 2 N–H and O–H groups in total. The summed E-state index contributed by atoms with van der Waals surface area (Å²) in [5.41, 5.74) is 8.35. The highest BCUT2D eigenvalue weighted by Gasteiger charge is 2.56. The molecule has 0 spiro atoms. The summed E-state index contributed by atoms with van der Waals surface area (Å²) in [5, 5.41) is 0.388. The Hall–Kier alpha value is -4.06. The summed E-state index contributed by atoms with van der Waals surface area (Å²) in [6.45, 7) is 11.3. The molecule has 2 aromatic heterocycles. The number of hydrogen-bond donors (Lipinski definition) is 1. The van der Waals surface area contributed by atoms with Crippen molar-refractivity contribution in [2.45, 2.75) is 101 Å². The number of pyridine rings is 1. The summed E-state index contributed by atoms with van der Waals surface area (Å²) in [6, 6.07) is 2.72. The molecule has 1 aliphatic carbocycles. The zero-order valence-corrected chi connectivity index (χ0v) is 33.5. The van der Waals surface area contributed by atoms with Crippen LogP contribution in [0.1, 0.15) is 69.1 Å². The molecule has 5 atom stereocenters. The van der Waals surface area contributed by atoms with Gasteiger partial charge in [0.1, 0.15) is 44.0 Å². The van der Waals surface area contributed by atoms with Gasteiger partial charge in [0, 0.05) is 48.3 Å². The predicted octanol–water partition coefficient (Wildman–Crippen LogP) is 8.54. The van der Waals surface area contributed by atoms with Crippen LogP contribution in [0.25, 0.3) is 32.9 Å². The van der Waals surface area contributed by atoms with Crippen molar-refractivity contribution in [3.63, 3.8) is 0 Å². The Labute approximate surface area is 328 Å². The third-order valence-electron chi connectivity index (χ3n) is 12.7. The molecule has 4 aromatic rings. The molecule has 3 saturated heterocycles. The van der Waals surface area contributed by atoms with Crippen molar-refractivity contribution < 1.29 is 34.2 Å². The molecule has 56 heavy (non-hydrogen) atoms. The Balaban J connectivity index is 1.34. The van der Waals surface area contributed by atoms with E-state index < -0.39 is 67.9 Å². The third kappa shape index (κ3) is 6.29. The minimum absolute atomic E-state index is 0.0381. The average molecular weight is 795 g/mol. The second kappa shape index (κ2) is 14.4. The van der Waals surface area contributed by atoms with Crippen LogP contribution in [0.5, 0.6) is 6.01 Å². The van der Waals surface area contributed by atoms with Crippen molar-refractivity contribution in [1.82, 2.24) is 19.9 Å². The van der Waals surface area contributed by atoms with Crippen molar-refractivity contribution in [2.75, 3.05) is 50.0 Å². The van der Waals surface area contributed by atoms with Gasteiger partial charge in [0.2, 0.25) is 0 Å². The lowest BCUT2D eigenvalue weighted by molar-refractivity contribution is 0.107. The van der Waals surface area contributed by atoms with Gasteiger partial charge in [0.05, 0.1) is 38.5 Å². The number of nitrogen functional groups attached to an aromatic ring is 1. The molecule has 5 heterocycles. The molecule has 0 amide bonds. The van der Waals surface area contributed by atoms with E-state index in [1.165, 1.54) is 18.3 Å². The molecule has 8 rings (SSSR count). The van der Waals surface area contributed by atoms with E-state index in [1.807, 2.05) is 0 Å². The minimum atomic E-state index is -2.51. The zero-order valence-electron chi connectivity index (χ0n) is 34.5. The number of alkyl halides is 2. The lowest BCUT2D eigenvalue weighted by atomic mass is 9.95. The first-order chi connectivity index (χ1) is 27.4. The van der Waals surface area contributed by atoms with Crippen LogP contribution in [0.15, 0.2) is 24.4 Å². The SMILES string of the molecule is [2H]C([2H])(Oc1nc(N2CCOC[C@H]3[C@@H](F)[C@H]32)c2cnc(-c3cc(N)cc4cc(F)c(F)c(C#C[Si](C(C)C)(C(C)C)C(C)C)c34)c(F)c2n1)[C@@]12CCCN1C[C@H](F)C2. The van der Waals surface area contributed by atoms with Gasteiger partial charge in [-0.05, 0) is 59.6 Å². The zero-order chi connectivity index (χ0) is 41.6. The van der Waals surface area contributed by atoms with Gasteiger partial charge in [-0.15, -0.1) is 5.54 Å². The van der Waals surface area contributed by atoms with Crippen molar-refractivity contribution in [3.05, 3.63) is 47.4 Å².